The fourth-order valence-corrected chi connectivity index (χ4v) is 1.06. The van der Waals surface area contributed by atoms with Crippen LogP contribution < -0.4 is 16.2 Å². The van der Waals surface area contributed by atoms with Gasteiger partial charge >= 0.3 is 0 Å². The van der Waals surface area contributed by atoms with Gasteiger partial charge in [0.15, 0.2) is 6.04 Å². The number of amides is 1. The van der Waals surface area contributed by atoms with Crippen LogP contribution in [0.15, 0.2) is 0 Å². The van der Waals surface area contributed by atoms with E-state index in [1.54, 1.807) is 13.8 Å². The molecule has 0 bridgehead atoms. The highest BCUT2D eigenvalue weighted by atomic mass is 16.4. The fourth-order valence-electron chi connectivity index (χ4n) is 1.06. The molecule has 0 saturated heterocycles. The van der Waals surface area contributed by atoms with Crippen LogP contribution in [0, 0.1) is 11.8 Å². The molecule has 15 heavy (non-hydrogen) atoms. The second-order valence-electron chi connectivity index (χ2n) is 4.40. The molecule has 0 fully saturated rings. The molecule has 1 amide bonds. The number of hydrogen-bond acceptors (Lipinski definition) is 3. The van der Waals surface area contributed by atoms with Gasteiger partial charge in [-0.2, -0.15) is 0 Å². The highest BCUT2D eigenvalue weighted by Gasteiger charge is 2.25. The molecular weight excluding hydrogens is 196 g/mol. The second kappa shape index (κ2) is 5.70. The molecule has 4 N–H and O–H groups in total. The van der Waals surface area contributed by atoms with E-state index >= 15 is 0 Å². The molecular formula is C10H20N2O3. The Hall–Kier alpha value is -1.10. The monoisotopic (exact) mass is 216 g/mol. The van der Waals surface area contributed by atoms with Crippen LogP contribution in [0.25, 0.3) is 0 Å². The molecule has 0 unspecified atom stereocenters. The zero-order chi connectivity index (χ0) is 12.2. The van der Waals surface area contributed by atoms with E-state index in [2.05, 4.69) is 11.1 Å². The lowest BCUT2D eigenvalue weighted by Gasteiger charge is -2.24. The summed E-state index contributed by atoms with van der Waals surface area (Å²) < 4.78 is 0. The van der Waals surface area contributed by atoms with Crippen LogP contribution in [0.2, 0.25) is 0 Å². The second-order valence-corrected chi connectivity index (χ2v) is 4.40. The molecule has 0 aromatic carbocycles. The van der Waals surface area contributed by atoms with Crippen molar-refractivity contribution in [2.75, 3.05) is 0 Å². The van der Waals surface area contributed by atoms with Crippen molar-refractivity contribution in [3.8, 4) is 0 Å². The molecule has 5 nitrogen and oxygen atoms in total. The van der Waals surface area contributed by atoms with Crippen molar-refractivity contribution in [2.24, 2.45) is 11.8 Å². The molecule has 0 rings (SSSR count). The predicted octanol–water partition coefficient (Wildman–Crippen LogP) is -1.86. The van der Waals surface area contributed by atoms with Gasteiger partial charge in [0.05, 0.1) is 12.0 Å². The van der Waals surface area contributed by atoms with Gasteiger partial charge in [0.25, 0.3) is 5.91 Å². The minimum atomic E-state index is -1.26. The van der Waals surface area contributed by atoms with Crippen LogP contribution in [0.4, 0.5) is 0 Å². The van der Waals surface area contributed by atoms with Gasteiger partial charge < -0.3 is 21.0 Å². The Morgan fingerprint density at radius 1 is 1.13 bits per heavy atom. The van der Waals surface area contributed by atoms with Gasteiger partial charge in [-0.1, -0.05) is 27.7 Å². The predicted molar refractivity (Wildman–Crippen MR) is 53.3 cm³/mol. The molecule has 0 aromatic heterocycles. The van der Waals surface area contributed by atoms with E-state index in [1.807, 2.05) is 13.8 Å². The van der Waals surface area contributed by atoms with Crippen molar-refractivity contribution in [1.29, 1.82) is 0 Å². The maximum atomic E-state index is 11.5. The summed E-state index contributed by atoms with van der Waals surface area (Å²) >= 11 is 0. The minimum absolute atomic E-state index is 0.0829. The minimum Gasteiger partial charge on any atom is -0.548 e. The standard InChI is InChI=1S/C10H20N2O3/c1-5(2)7(11)9(13)12-8(6(3)4)10(14)15/h5-8H,11H2,1-4H3,(H,12,13)(H,14,15)/t7-,8-/m0/s1. The Kier molecular flexibility index (Phi) is 5.28. The first-order valence-electron chi connectivity index (χ1n) is 5.11. The van der Waals surface area contributed by atoms with E-state index in [-0.39, 0.29) is 17.7 Å². The number of carbonyl (C=O) groups excluding carboxylic acids is 2. The number of nitrogens with one attached hydrogen (secondary N) is 1. The summed E-state index contributed by atoms with van der Waals surface area (Å²) in [7, 11) is 0. The van der Waals surface area contributed by atoms with Crippen molar-refractivity contribution < 1.29 is 20.4 Å². The summed E-state index contributed by atoms with van der Waals surface area (Å²) in [5.74, 6) is -1.71. The first-order chi connectivity index (χ1) is 6.77. The maximum absolute atomic E-state index is 11.5. The van der Waals surface area contributed by atoms with Gasteiger partial charge in [-0.15, -0.1) is 0 Å². The quantitative estimate of drug-likeness (QED) is 0.564. The number of carboxylic acids is 1. The van der Waals surface area contributed by atoms with Crippen LogP contribution in [0.1, 0.15) is 27.7 Å². The van der Waals surface area contributed by atoms with Crippen LogP contribution in [-0.4, -0.2) is 24.0 Å². The molecule has 0 aliphatic heterocycles. The van der Waals surface area contributed by atoms with E-state index in [1.165, 1.54) is 0 Å². The average Bonchev–Trinajstić information content (AvgIpc) is 2.11. The molecule has 5 heteroatoms. The van der Waals surface area contributed by atoms with Gasteiger partial charge in [-0.05, 0) is 5.92 Å². The Balaban J connectivity index is 4.43. The summed E-state index contributed by atoms with van der Waals surface area (Å²) in [5.41, 5.74) is 3.68. The zero-order valence-electron chi connectivity index (χ0n) is 9.74. The molecule has 0 aromatic rings. The first-order valence-corrected chi connectivity index (χ1v) is 5.11. The Morgan fingerprint density at radius 3 is 1.87 bits per heavy atom. The lowest BCUT2D eigenvalue weighted by molar-refractivity contribution is -0.414. The highest BCUT2D eigenvalue weighted by Crippen LogP contribution is 2.02. The number of quaternary nitrogens is 1. The van der Waals surface area contributed by atoms with Crippen molar-refractivity contribution in [2.45, 2.75) is 39.8 Å². The van der Waals surface area contributed by atoms with Gasteiger partial charge in [0, 0.05) is 5.92 Å². The average molecular weight is 216 g/mol. The SMILES string of the molecule is CC(C)[C@H]([NH3+])C(=O)N[C@H](C(=O)[O-])C(C)C. The maximum Gasteiger partial charge on any atom is 0.278 e. The number of hydrogen-bond donors (Lipinski definition) is 2. The largest absolute Gasteiger partial charge is 0.548 e. The van der Waals surface area contributed by atoms with Gasteiger partial charge in [-0.3, -0.25) is 4.79 Å². The van der Waals surface area contributed by atoms with Gasteiger partial charge in [-0.25, -0.2) is 0 Å². The Labute approximate surface area is 90.0 Å². The molecule has 0 radical (unpaired) electrons. The van der Waals surface area contributed by atoms with Gasteiger partial charge in [0.1, 0.15) is 0 Å². The Morgan fingerprint density at radius 2 is 1.60 bits per heavy atom. The topological polar surface area (TPSA) is 96.9 Å². The Bertz CT molecular complexity index is 239. The van der Waals surface area contributed by atoms with Crippen molar-refractivity contribution in [3.05, 3.63) is 0 Å². The lowest BCUT2D eigenvalue weighted by Crippen LogP contribution is -2.71. The van der Waals surface area contributed by atoms with Crippen LogP contribution >= 0.6 is 0 Å². The van der Waals surface area contributed by atoms with Crippen LogP contribution in [0.5, 0.6) is 0 Å². The van der Waals surface area contributed by atoms with E-state index in [0.717, 1.165) is 0 Å². The number of carbonyl (C=O) groups is 2. The first kappa shape index (κ1) is 13.9. The molecule has 0 heterocycles. The van der Waals surface area contributed by atoms with Crippen LogP contribution in [-0.2, 0) is 9.59 Å². The van der Waals surface area contributed by atoms with E-state index in [9.17, 15) is 14.7 Å². The molecule has 0 spiro atoms. The molecule has 0 aliphatic carbocycles. The third-order valence-electron chi connectivity index (χ3n) is 2.36. The fraction of sp³-hybridized carbons (Fsp3) is 0.800. The highest BCUT2D eigenvalue weighted by molar-refractivity contribution is 5.85. The normalized spacial score (nSPS) is 15.1. The molecule has 88 valence electrons. The third kappa shape index (κ3) is 4.29. The van der Waals surface area contributed by atoms with E-state index in [4.69, 9.17) is 0 Å². The molecule has 2 atom stereocenters. The van der Waals surface area contributed by atoms with Crippen molar-refractivity contribution >= 4 is 11.9 Å². The summed E-state index contributed by atoms with van der Waals surface area (Å²) in [6.07, 6.45) is 0. The zero-order valence-corrected chi connectivity index (χ0v) is 9.74. The van der Waals surface area contributed by atoms with Gasteiger partial charge in [0.2, 0.25) is 0 Å². The summed E-state index contributed by atoms with van der Waals surface area (Å²) in [6, 6.07) is -1.38. The number of aliphatic carboxylic acids is 1. The van der Waals surface area contributed by atoms with E-state index in [0.29, 0.717) is 0 Å². The summed E-state index contributed by atoms with van der Waals surface area (Å²) in [6.45, 7) is 7.16. The van der Waals surface area contributed by atoms with Crippen LogP contribution in [0.3, 0.4) is 0 Å². The number of rotatable bonds is 5. The summed E-state index contributed by atoms with van der Waals surface area (Å²) in [4.78, 5) is 22.3. The lowest BCUT2D eigenvalue weighted by atomic mass is 10.0. The third-order valence-corrected chi connectivity index (χ3v) is 2.36. The number of carboxylic acid groups (broad SMARTS) is 1. The molecule has 0 aliphatic rings. The smallest absolute Gasteiger partial charge is 0.278 e. The summed E-state index contributed by atoms with van der Waals surface area (Å²) in [5, 5.41) is 13.2. The molecule has 0 saturated carbocycles. The van der Waals surface area contributed by atoms with Crippen molar-refractivity contribution in [1.82, 2.24) is 5.32 Å². The van der Waals surface area contributed by atoms with E-state index < -0.39 is 18.1 Å². The van der Waals surface area contributed by atoms with Crippen molar-refractivity contribution in [3.63, 3.8) is 0 Å².